The quantitative estimate of drug-likeness (QED) is 0.842. The first-order valence-corrected chi connectivity index (χ1v) is 6.85. The molecule has 1 aliphatic heterocycles. The van der Waals surface area contributed by atoms with Crippen LogP contribution in [0.5, 0.6) is 0 Å². The van der Waals surface area contributed by atoms with Gasteiger partial charge in [0.1, 0.15) is 12.3 Å². The SMILES string of the molecule is CC(=O)CC1CCCCCN1CC(=O)NCC(F)(F)F. The molecular formula is C13H21F3N2O2. The fourth-order valence-corrected chi connectivity index (χ4v) is 2.45. The number of carbonyl (C=O) groups excluding carboxylic acids is 2. The normalized spacial score (nSPS) is 21.3. The van der Waals surface area contributed by atoms with E-state index in [1.54, 1.807) is 0 Å². The minimum absolute atomic E-state index is 0.0355. The molecule has 1 rings (SSSR count). The Bertz CT molecular complexity index is 345. The lowest BCUT2D eigenvalue weighted by molar-refractivity contribution is -0.139. The number of Topliss-reactive ketones (excluding diaryl/α,β-unsaturated/α-hetero) is 1. The molecule has 1 N–H and O–H groups in total. The lowest BCUT2D eigenvalue weighted by atomic mass is 10.0. The number of carbonyl (C=O) groups is 2. The molecule has 1 amide bonds. The lowest BCUT2D eigenvalue weighted by Crippen LogP contribution is -2.45. The number of hydrogen-bond acceptors (Lipinski definition) is 3. The predicted molar refractivity (Wildman–Crippen MR) is 68.2 cm³/mol. The molecule has 1 aliphatic rings. The van der Waals surface area contributed by atoms with Crippen LogP contribution in [-0.2, 0) is 9.59 Å². The van der Waals surface area contributed by atoms with Gasteiger partial charge in [-0.15, -0.1) is 0 Å². The van der Waals surface area contributed by atoms with Crippen molar-refractivity contribution < 1.29 is 22.8 Å². The van der Waals surface area contributed by atoms with Gasteiger partial charge in [0, 0.05) is 12.5 Å². The summed E-state index contributed by atoms with van der Waals surface area (Å²) in [6.45, 7) is 0.759. The zero-order chi connectivity index (χ0) is 15.2. The van der Waals surface area contributed by atoms with E-state index in [1.807, 2.05) is 10.2 Å². The number of likely N-dealkylation sites (tertiary alicyclic amines) is 1. The zero-order valence-electron chi connectivity index (χ0n) is 11.6. The number of amides is 1. The number of halogens is 3. The van der Waals surface area contributed by atoms with E-state index in [9.17, 15) is 22.8 Å². The fourth-order valence-electron chi connectivity index (χ4n) is 2.45. The Balaban J connectivity index is 2.51. The van der Waals surface area contributed by atoms with E-state index in [0.717, 1.165) is 25.7 Å². The molecular weight excluding hydrogens is 273 g/mol. The number of alkyl halides is 3. The van der Waals surface area contributed by atoms with E-state index in [4.69, 9.17) is 0 Å². The molecule has 4 nitrogen and oxygen atoms in total. The topological polar surface area (TPSA) is 49.4 Å². The van der Waals surface area contributed by atoms with E-state index in [2.05, 4.69) is 0 Å². The van der Waals surface area contributed by atoms with Crippen molar-refractivity contribution in [2.24, 2.45) is 0 Å². The number of rotatable bonds is 5. The molecule has 0 spiro atoms. The minimum Gasteiger partial charge on any atom is -0.346 e. The highest BCUT2D eigenvalue weighted by Gasteiger charge is 2.29. The van der Waals surface area contributed by atoms with E-state index >= 15 is 0 Å². The molecule has 0 aliphatic carbocycles. The monoisotopic (exact) mass is 294 g/mol. The summed E-state index contributed by atoms with van der Waals surface area (Å²) < 4.78 is 36.1. The summed E-state index contributed by atoms with van der Waals surface area (Å²) >= 11 is 0. The predicted octanol–water partition coefficient (Wildman–Crippen LogP) is 1.89. The standard InChI is InChI=1S/C13H21F3N2O2/c1-10(19)7-11-5-3-2-4-6-18(11)8-12(20)17-9-13(14,15)16/h11H,2-9H2,1H3,(H,17,20). The third-order valence-electron chi connectivity index (χ3n) is 3.35. The molecule has 1 heterocycles. The molecule has 1 fully saturated rings. The van der Waals surface area contributed by atoms with E-state index in [-0.39, 0.29) is 18.4 Å². The Morgan fingerprint density at radius 3 is 2.55 bits per heavy atom. The summed E-state index contributed by atoms with van der Waals surface area (Å²) in [7, 11) is 0. The van der Waals surface area contributed by atoms with Crippen molar-refractivity contribution in [1.29, 1.82) is 0 Å². The van der Waals surface area contributed by atoms with E-state index in [0.29, 0.717) is 13.0 Å². The molecule has 0 saturated carbocycles. The maximum absolute atomic E-state index is 12.0. The first-order chi connectivity index (χ1) is 9.28. The molecule has 0 bridgehead atoms. The van der Waals surface area contributed by atoms with Gasteiger partial charge in [-0.2, -0.15) is 13.2 Å². The van der Waals surface area contributed by atoms with Crippen LogP contribution in [-0.4, -0.2) is 48.4 Å². The highest BCUT2D eigenvalue weighted by atomic mass is 19.4. The number of nitrogens with one attached hydrogen (secondary N) is 1. The van der Waals surface area contributed by atoms with Crippen molar-refractivity contribution in [3.05, 3.63) is 0 Å². The van der Waals surface area contributed by atoms with Gasteiger partial charge in [0.05, 0.1) is 6.54 Å². The van der Waals surface area contributed by atoms with E-state index < -0.39 is 18.6 Å². The summed E-state index contributed by atoms with van der Waals surface area (Å²) in [6, 6.07) is -0.0355. The van der Waals surface area contributed by atoms with Crippen LogP contribution < -0.4 is 5.32 Å². The van der Waals surface area contributed by atoms with Gasteiger partial charge < -0.3 is 5.32 Å². The average Bonchev–Trinajstić information content (AvgIpc) is 2.51. The van der Waals surface area contributed by atoms with Crippen LogP contribution in [0.1, 0.15) is 39.0 Å². The highest BCUT2D eigenvalue weighted by molar-refractivity contribution is 5.78. The molecule has 0 aromatic carbocycles. The van der Waals surface area contributed by atoms with Crippen molar-refractivity contribution in [3.8, 4) is 0 Å². The summed E-state index contributed by atoms with van der Waals surface area (Å²) in [5.41, 5.74) is 0. The Hall–Kier alpha value is -1.11. The highest BCUT2D eigenvalue weighted by Crippen LogP contribution is 2.19. The van der Waals surface area contributed by atoms with Crippen LogP contribution in [0.25, 0.3) is 0 Å². The minimum atomic E-state index is -4.40. The summed E-state index contributed by atoms with van der Waals surface area (Å²) in [4.78, 5) is 24.6. The third kappa shape index (κ3) is 6.88. The second-order valence-corrected chi connectivity index (χ2v) is 5.27. The molecule has 20 heavy (non-hydrogen) atoms. The fraction of sp³-hybridized carbons (Fsp3) is 0.846. The molecule has 0 radical (unpaired) electrons. The van der Waals surface area contributed by atoms with Crippen molar-refractivity contribution >= 4 is 11.7 Å². The Morgan fingerprint density at radius 2 is 1.95 bits per heavy atom. The molecule has 116 valence electrons. The maximum Gasteiger partial charge on any atom is 0.405 e. The summed E-state index contributed by atoms with van der Waals surface area (Å²) in [5.74, 6) is -0.602. The van der Waals surface area contributed by atoms with Crippen LogP contribution in [0.2, 0.25) is 0 Å². The molecule has 1 atom stereocenters. The maximum atomic E-state index is 12.0. The smallest absolute Gasteiger partial charge is 0.346 e. The van der Waals surface area contributed by atoms with Gasteiger partial charge >= 0.3 is 6.18 Å². The molecule has 0 aromatic rings. The van der Waals surface area contributed by atoms with Crippen LogP contribution in [0.4, 0.5) is 13.2 Å². The first kappa shape index (κ1) is 16.9. The van der Waals surface area contributed by atoms with Crippen LogP contribution in [0.3, 0.4) is 0 Å². The van der Waals surface area contributed by atoms with Gasteiger partial charge in [-0.3, -0.25) is 14.5 Å². The lowest BCUT2D eigenvalue weighted by Gasteiger charge is -2.28. The van der Waals surface area contributed by atoms with Gasteiger partial charge in [0.15, 0.2) is 0 Å². The molecule has 1 unspecified atom stereocenters. The molecule has 7 heteroatoms. The van der Waals surface area contributed by atoms with Crippen LogP contribution >= 0.6 is 0 Å². The summed E-state index contributed by atoms with van der Waals surface area (Å²) in [6.07, 6.45) is -0.319. The average molecular weight is 294 g/mol. The van der Waals surface area contributed by atoms with Gasteiger partial charge in [-0.05, 0) is 26.3 Å². The van der Waals surface area contributed by atoms with Crippen molar-refractivity contribution in [1.82, 2.24) is 10.2 Å². The Labute approximate surface area is 116 Å². The third-order valence-corrected chi connectivity index (χ3v) is 3.35. The van der Waals surface area contributed by atoms with Crippen LogP contribution in [0.15, 0.2) is 0 Å². The Kier molecular flexibility index (Phi) is 6.45. The van der Waals surface area contributed by atoms with Gasteiger partial charge in [-0.1, -0.05) is 12.8 Å². The number of ketones is 1. The zero-order valence-corrected chi connectivity index (χ0v) is 11.6. The van der Waals surface area contributed by atoms with Gasteiger partial charge in [0.2, 0.25) is 5.91 Å². The first-order valence-electron chi connectivity index (χ1n) is 6.85. The van der Waals surface area contributed by atoms with Gasteiger partial charge in [-0.25, -0.2) is 0 Å². The second-order valence-electron chi connectivity index (χ2n) is 5.27. The molecule has 0 aromatic heterocycles. The Morgan fingerprint density at radius 1 is 1.25 bits per heavy atom. The number of nitrogens with zero attached hydrogens (tertiary/aromatic N) is 1. The van der Waals surface area contributed by atoms with Crippen molar-refractivity contribution in [2.45, 2.75) is 51.2 Å². The second kappa shape index (κ2) is 7.61. The van der Waals surface area contributed by atoms with E-state index in [1.165, 1.54) is 6.92 Å². The van der Waals surface area contributed by atoms with Gasteiger partial charge in [0.25, 0.3) is 0 Å². The van der Waals surface area contributed by atoms with Crippen molar-refractivity contribution in [2.75, 3.05) is 19.6 Å². The molecule has 1 saturated heterocycles. The van der Waals surface area contributed by atoms with Crippen LogP contribution in [0, 0.1) is 0 Å². The largest absolute Gasteiger partial charge is 0.405 e. The van der Waals surface area contributed by atoms with Crippen molar-refractivity contribution in [3.63, 3.8) is 0 Å². The summed E-state index contributed by atoms with van der Waals surface area (Å²) in [5, 5.41) is 1.87. The number of hydrogen-bond donors (Lipinski definition) is 1.